The van der Waals surface area contributed by atoms with Crippen molar-refractivity contribution >= 4 is 21.6 Å². The second kappa shape index (κ2) is 6.19. The third kappa shape index (κ3) is 4.90. The third-order valence-corrected chi connectivity index (χ3v) is 4.63. The smallest absolute Gasteiger partial charge is 0.382 e. The van der Waals surface area contributed by atoms with E-state index >= 15 is 0 Å². The number of nitrogens with one attached hydrogen (secondary N) is 1. The lowest BCUT2D eigenvalue weighted by Crippen LogP contribution is -2.19. The summed E-state index contributed by atoms with van der Waals surface area (Å²) in [5.74, 6) is 0. The van der Waals surface area contributed by atoms with E-state index in [0.29, 0.717) is 15.6 Å². The Labute approximate surface area is 132 Å². The van der Waals surface area contributed by atoms with E-state index in [1.54, 1.807) is 6.07 Å². The first kappa shape index (κ1) is 16.7. The number of hydrogen-bond donors (Lipinski definition) is 1. The molecule has 0 saturated heterocycles. The molecule has 0 aliphatic heterocycles. The lowest BCUT2D eigenvalue weighted by molar-refractivity contribution is -0.137. The normalized spacial score (nSPS) is 22.7. The van der Waals surface area contributed by atoms with Gasteiger partial charge in [0.25, 0.3) is 0 Å². The molecule has 5 heteroatoms. The van der Waals surface area contributed by atoms with E-state index in [0.717, 1.165) is 31.7 Å². The third-order valence-electron chi connectivity index (χ3n) is 4.17. The summed E-state index contributed by atoms with van der Waals surface area (Å²) in [4.78, 5) is 0. The van der Waals surface area contributed by atoms with Crippen LogP contribution in [0.3, 0.4) is 0 Å². The molecule has 2 rings (SSSR count). The molecule has 1 nitrogen and oxygen atoms in total. The maximum Gasteiger partial charge on any atom is 0.416 e. The average Bonchev–Trinajstić information content (AvgIpc) is 2.49. The number of rotatable bonds is 2. The SMILES string of the molecule is CC1(C)CCCC(Nc2cc(Br)cc(C(F)(F)F)c2)CC1. The van der Waals surface area contributed by atoms with Gasteiger partial charge in [-0.2, -0.15) is 13.2 Å². The minimum Gasteiger partial charge on any atom is -0.382 e. The molecule has 1 aromatic rings. The Morgan fingerprint density at radius 1 is 1.14 bits per heavy atom. The molecule has 0 radical (unpaired) electrons. The number of halogens is 4. The van der Waals surface area contributed by atoms with Crippen LogP contribution in [0.2, 0.25) is 0 Å². The first-order valence-electron chi connectivity index (χ1n) is 7.30. The minimum atomic E-state index is -4.31. The number of anilines is 1. The molecule has 1 fully saturated rings. The van der Waals surface area contributed by atoms with Gasteiger partial charge in [-0.05, 0) is 49.3 Å². The highest BCUT2D eigenvalue weighted by atomic mass is 79.9. The van der Waals surface area contributed by atoms with Gasteiger partial charge in [0.1, 0.15) is 0 Å². The Kier molecular flexibility index (Phi) is 4.91. The molecule has 21 heavy (non-hydrogen) atoms. The largest absolute Gasteiger partial charge is 0.416 e. The molecule has 0 heterocycles. The highest BCUT2D eigenvalue weighted by Gasteiger charge is 2.31. The van der Waals surface area contributed by atoms with Crippen LogP contribution >= 0.6 is 15.9 Å². The van der Waals surface area contributed by atoms with E-state index < -0.39 is 11.7 Å². The van der Waals surface area contributed by atoms with Crippen LogP contribution in [0.5, 0.6) is 0 Å². The van der Waals surface area contributed by atoms with Crippen LogP contribution in [-0.4, -0.2) is 6.04 Å². The number of alkyl halides is 3. The molecule has 1 atom stereocenters. The van der Waals surface area contributed by atoms with E-state index in [-0.39, 0.29) is 6.04 Å². The maximum absolute atomic E-state index is 12.8. The van der Waals surface area contributed by atoms with Crippen LogP contribution in [0.1, 0.15) is 51.5 Å². The van der Waals surface area contributed by atoms with Crippen molar-refractivity contribution in [3.05, 3.63) is 28.2 Å². The predicted molar refractivity (Wildman–Crippen MR) is 83.4 cm³/mol. The molecule has 118 valence electrons. The van der Waals surface area contributed by atoms with Crippen molar-refractivity contribution in [3.63, 3.8) is 0 Å². The summed E-state index contributed by atoms with van der Waals surface area (Å²) in [6.07, 6.45) is 1.09. The van der Waals surface area contributed by atoms with Crippen LogP contribution in [0.25, 0.3) is 0 Å². The molecule has 0 bridgehead atoms. The molecule has 1 unspecified atom stereocenters. The van der Waals surface area contributed by atoms with Crippen LogP contribution in [0.4, 0.5) is 18.9 Å². The zero-order valence-corrected chi connectivity index (χ0v) is 13.9. The van der Waals surface area contributed by atoms with Gasteiger partial charge in [0.05, 0.1) is 5.56 Å². The van der Waals surface area contributed by atoms with E-state index in [1.165, 1.54) is 12.5 Å². The molecule has 1 N–H and O–H groups in total. The van der Waals surface area contributed by atoms with E-state index in [1.807, 2.05) is 0 Å². The highest BCUT2D eigenvalue weighted by molar-refractivity contribution is 9.10. The Morgan fingerprint density at radius 2 is 1.86 bits per heavy atom. The Morgan fingerprint density at radius 3 is 2.52 bits per heavy atom. The van der Waals surface area contributed by atoms with Gasteiger partial charge in [-0.25, -0.2) is 0 Å². The van der Waals surface area contributed by atoms with Crippen molar-refractivity contribution in [2.75, 3.05) is 5.32 Å². The van der Waals surface area contributed by atoms with Crippen molar-refractivity contribution < 1.29 is 13.2 Å². The van der Waals surface area contributed by atoms with Crippen molar-refractivity contribution in [2.45, 2.75) is 58.2 Å². The van der Waals surface area contributed by atoms with E-state index in [4.69, 9.17) is 0 Å². The van der Waals surface area contributed by atoms with Crippen molar-refractivity contribution in [3.8, 4) is 0 Å². The first-order chi connectivity index (χ1) is 9.66. The number of benzene rings is 1. The molecular weight excluding hydrogens is 343 g/mol. The van der Waals surface area contributed by atoms with Crippen LogP contribution in [-0.2, 0) is 6.18 Å². The van der Waals surface area contributed by atoms with Gasteiger partial charge in [-0.15, -0.1) is 0 Å². The molecule has 1 aromatic carbocycles. The molecule has 1 aliphatic rings. The predicted octanol–water partition coefficient (Wildman–Crippen LogP) is 6.24. The van der Waals surface area contributed by atoms with Crippen LogP contribution < -0.4 is 5.32 Å². The summed E-state index contributed by atoms with van der Waals surface area (Å²) < 4.78 is 39.0. The van der Waals surface area contributed by atoms with Crippen molar-refractivity contribution in [1.82, 2.24) is 0 Å². The lowest BCUT2D eigenvalue weighted by Gasteiger charge is -2.22. The molecule has 0 spiro atoms. The Balaban J connectivity index is 2.11. The van der Waals surface area contributed by atoms with Crippen LogP contribution in [0.15, 0.2) is 22.7 Å². The topological polar surface area (TPSA) is 12.0 Å². The molecule has 0 amide bonds. The van der Waals surface area contributed by atoms with Crippen molar-refractivity contribution in [2.24, 2.45) is 5.41 Å². The summed E-state index contributed by atoms with van der Waals surface area (Å²) >= 11 is 3.16. The monoisotopic (exact) mass is 363 g/mol. The molecule has 1 saturated carbocycles. The Bertz CT molecular complexity index is 497. The van der Waals surface area contributed by atoms with Gasteiger partial charge in [-0.3, -0.25) is 0 Å². The summed E-state index contributed by atoms with van der Waals surface area (Å²) in [5.41, 5.74) is 0.264. The highest BCUT2D eigenvalue weighted by Crippen LogP contribution is 2.36. The maximum atomic E-state index is 12.8. The summed E-state index contributed by atoms with van der Waals surface area (Å²) in [6, 6.07) is 4.27. The molecule has 1 aliphatic carbocycles. The van der Waals surface area contributed by atoms with Gasteiger partial charge in [0.15, 0.2) is 0 Å². The van der Waals surface area contributed by atoms with Gasteiger partial charge >= 0.3 is 6.18 Å². The summed E-state index contributed by atoms with van der Waals surface area (Å²) in [5, 5.41) is 3.28. The van der Waals surface area contributed by atoms with Gasteiger partial charge in [-0.1, -0.05) is 36.2 Å². The van der Waals surface area contributed by atoms with E-state index in [2.05, 4.69) is 35.1 Å². The minimum absolute atomic E-state index is 0.252. The Hall–Kier alpha value is -0.710. The second-order valence-corrected chi connectivity index (χ2v) is 7.58. The second-order valence-electron chi connectivity index (χ2n) is 6.66. The first-order valence-corrected chi connectivity index (χ1v) is 8.09. The summed E-state index contributed by atoms with van der Waals surface area (Å²) in [6.45, 7) is 4.52. The van der Waals surface area contributed by atoms with Crippen molar-refractivity contribution in [1.29, 1.82) is 0 Å². The number of hydrogen-bond acceptors (Lipinski definition) is 1. The van der Waals surface area contributed by atoms with Crippen LogP contribution in [0, 0.1) is 5.41 Å². The standard InChI is InChI=1S/C16H21BrF3N/c1-15(2)6-3-4-13(5-7-15)21-14-9-11(16(18,19)20)8-12(17)10-14/h8-10,13,21H,3-7H2,1-2H3. The molecule has 0 aromatic heterocycles. The summed E-state index contributed by atoms with van der Waals surface area (Å²) in [7, 11) is 0. The zero-order valence-electron chi connectivity index (χ0n) is 12.4. The zero-order chi connectivity index (χ0) is 15.7. The fourth-order valence-electron chi connectivity index (χ4n) is 2.88. The average molecular weight is 364 g/mol. The molecular formula is C16H21BrF3N. The fraction of sp³-hybridized carbons (Fsp3) is 0.625. The van der Waals surface area contributed by atoms with Gasteiger partial charge in [0, 0.05) is 16.2 Å². The lowest BCUT2D eigenvalue weighted by atomic mass is 9.85. The van der Waals surface area contributed by atoms with Gasteiger partial charge < -0.3 is 5.32 Å². The van der Waals surface area contributed by atoms with E-state index in [9.17, 15) is 13.2 Å². The quantitative estimate of drug-likeness (QED) is 0.613. The fourth-order valence-corrected chi connectivity index (χ4v) is 3.37. The van der Waals surface area contributed by atoms with Gasteiger partial charge in [0.2, 0.25) is 0 Å².